The van der Waals surface area contributed by atoms with Crippen LogP contribution in [0.1, 0.15) is 77.6 Å². The average molecular weight is 276 g/mol. The van der Waals surface area contributed by atoms with Gasteiger partial charge in [-0.1, -0.05) is 45.4 Å². The predicted octanol–water partition coefficient (Wildman–Crippen LogP) is 4.03. The van der Waals surface area contributed by atoms with Crippen molar-refractivity contribution in [3.05, 3.63) is 0 Å². The summed E-state index contributed by atoms with van der Waals surface area (Å²) in [5.74, 6) is -0.312. The van der Waals surface area contributed by atoms with Gasteiger partial charge in [0, 0.05) is 12.1 Å². The fraction of sp³-hybridized carbons (Fsp3) is 0.882. The number of hydrogen-bond acceptors (Lipinski definition) is 2. The number of rotatable bonds is 4. The van der Waals surface area contributed by atoms with E-state index in [0.717, 1.165) is 25.7 Å². The Morgan fingerprint density at radius 3 is 1.85 bits per heavy atom. The van der Waals surface area contributed by atoms with Crippen molar-refractivity contribution in [2.45, 2.75) is 89.6 Å². The largest absolute Gasteiger partial charge is 0.336 e. The van der Waals surface area contributed by atoms with Gasteiger partial charge in [0.2, 0.25) is 5.91 Å². The second kappa shape index (κ2) is 7.67. The molecule has 2 aliphatic rings. The molecule has 0 aromatic rings. The quantitative estimate of drug-likeness (QED) is 0.778. The van der Waals surface area contributed by atoms with Crippen LogP contribution in [0.4, 0.5) is 0 Å². The monoisotopic (exact) mass is 276 g/mol. The van der Waals surface area contributed by atoms with Gasteiger partial charge in [0.15, 0.2) is 0 Å². The Kier molecular flexibility index (Phi) is 5.88. The summed E-state index contributed by atoms with van der Waals surface area (Å²) >= 11 is 0. The van der Waals surface area contributed by atoms with E-state index in [-0.39, 0.29) is 5.91 Å². The lowest BCUT2D eigenvalue weighted by Crippen LogP contribution is -2.50. The van der Waals surface area contributed by atoms with Gasteiger partial charge in [0.25, 0.3) is 0 Å². The molecule has 0 aliphatic heterocycles. The summed E-state index contributed by atoms with van der Waals surface area (Å²) in [4.78, 5) is 15.0. The van der Waals surface area contributed by atoms with Gasteiger partial charge in [0.1, 0.15) is 5.92 Å². The van der Waals surface area contributed by atoms with Crippen LogP contribution >= 0.6 is 0 Å². The van der Waals surface area contributed by atoms with Crippen molar-refractivity contribution >= 4 is 5.91 Å². The number of nitrogens with zero attached hydrogens (tertiary/aromatic N) is 2. The molecule has 0 aromatic carbocycles. The average Bonchev–Trinajstić information content (AvgIpc) is 2.51. The molecular formula is C17H28N2O. The fourth-order valence-corrected chi connectivity index (χ4v) is 3.88. The molecule has 0 saturated heterocycles. The molecule has 112 valence electrons. The Morgan fingerprint density at radius 1 is 1.05 bits per heavy atom. The highest BCUT2D eigenvalue weighted by atomic mass is 16.2. The number of carbonyl (C=O) groups excluding carboxylic acids is 1. The molecule has 0 heterocycles. The standard InChI is InChI=1S/C17H28N2O/c1-2-14(13-18)17(20)19(15-9-5-3-6-10-15)16-11-7-4-8-12-16/h14-16H,2-12H2,1H3. The normalized spacial score (nSPS) is 23.0. The molecule has 0 N–H and O–H groups in total. The third-order valence-corrected chi connectivity index (χ3v) is 5.05. The van der Waals surface area contributed by atoms with Crippen LogP contribution in [0.3, 0.4) is 0 Å². The first-order valence-electron chi connectivity index (χ1n) is 8.49. The van der Waals surface area contributed by atoms with Crippen molar-refractivity contribution in [2.75, 3.05) is 0 Å². The summed E-state index contributed by atoms with van der Waals surface area (Å²) in [7, 11) is 0. The van der Waals surface area contributed by atoms with Crippen molar-refractivity contribution in [1.29, 1.82) is 5.26 Å². The van der Waals surface area contributed by atoms with Gasteiger partial charge in [-0.3, -0.25) is 4.79 Å². The zero-order chi connectivity index (χ0) is 14.4. The summed E-state index contributed by atoms with van der Waals surface area (Å²) in [6.07, 6.45) is 12.8. The van der Waals surface area contributed by atoms with Gasteiger partial charge in [-0.15, -0.1) is 0 Å². The molecule has 3 nitrogen and oxygen atoms in total. The first-order valence-corrected chi connectivity index (χ1v) is 8.49. The SMILES string of the molecule is CCC(C#N)C(=O)N(C1CCCCC1)C1CCCCC1. The highest BCUT2D eigenvalue weighted by Gasteiger charge is 2.35. The highest BCUT2D eigenvalue weighted by molar-refractivity contribution is 5.81. The van der Waals surface area contributed by atoms with Gasteiger partial charge < -0.3 is 4.90 Å². The smallest absolute Gasteiger partial charge is 0.240 e. The minimum absolute atomic E-state index is 0.119. The zero-order valence-corrected chi connectivity index (χ0v) is 12.8. The van der Waals surface area contributed by atoms with Crippen molar-refractivity contribution < 1.29 is 4.79 Å². The van der Waals surface area contributed by atoms with E-state index in [1.165, 1.54) is 38.5 Å². The van der Waals surface area contributed by atoms with Crippen molar-refractivity contribution in [3.8, 4) is 6.07 Å². The van der Waals surface area contributed by atoms with E-state index in [1.54, 1.807) is 0 Å². The Balaban J connectivity index is 2.13. The van der Waals surface area contributed by atoms with Crippen LogP contribution in [0.5, 0.6) is 0 Å². The van der Waals surface area contributed by atoms with Crippen molar-refractivity contribution in [2.24, 2.45) is 5.92 Å². The maximum absolute atomic E-state index is 12.8. The lowest BCUT2D eigenvalue weighted by molar-refractivity contribution is -0.140. The van der Waals surface area contributed by atoms with E-state index in [0.29, 0.717) is 18.5 Å². The van der Waals surface area contributed by atoms with Gasteiger partial charge in [-0.2, -0.15) is 5.26 Å². The molecule has 0 radical (unpaired) electrons. The summed E-state index contributed by atoms with van der Waals surface area (Å²) in [5.41, 5.74) is 0. The molecule has 3 heteroatoms. The van der Waals surface area contributed by atoms with Crippen LogP contribution in [0, 0.1) is 17.2 Å². The maximum atomic E-state index is 12.8. The summed E-state index contributed by atoms with van der Waals surface area (Å²) in [6.45, 7) is 1.95. The van der Waals surface area contributed by atoms with Crippen LogP contribution in [0.2, 0.25) is 0 Å². The Labute approximate surface area is 123 Å². The molecule has 0 spiro atoms. The number of hydrogen-bond donors (Lipinski definition) is 0. The van der Waals surface area contributed by atoms with Crippen molar-refractivity contribution in [3.63, 3.8) is 0 Å². The lowest BCUT2D eigenvalue weighted by atomic mass is 9.87. The third-order valence-electron chi connectivity index (χ3n) is 5.05. The van der Waals surface area contributed by atoms with E-state index in [9.17, 15) is 10.1 Å². The third kappa shape index (κ3) is 3.53. The molecule has 1 unspecified atom stereocenters. The molecule has 2 rings (SSSR count). The molecule has 1 atom stereocenters. The molecule has 20 heavy (non-hydrogen) atoms. The molecule has 2 aliphatic carbocycles. The van der Waals surface area contributed by atoms with Crippen LogP contribution < -0.4 is 0 Å². The highest BCUT2D eigenvalue weighted by Crippen LogP contribution is 2.31. The summed E-state index contributed by atoms with van der Waals surface area (Å²) in [5, 5.41) is 9.24. The second-order valence-corrected chi connectivity index (χ2v) is 6.42. The fourth-order valence-electron chi connectivity index (χ4n) is 3.88. The molecule has 1 amide bonds. The van der Waals surface area contributed by atoms with Gasteiger partial charge >= 0.3 is 0 Å². The van der Waals surface area contributed by atoms with Gasteiger partial charge in [-0.25, -0.2) is 0 Å². The van der Waals surface area contributed by atoms with Gasteiger partial charge in [-0.05, 0) is 32.1 Å². The van der Waals surface area contributed by atoms with Crippen LogP contribution in [0.25, 0.3) is 0 Å². The van der Waals surface area contributed by atoms with Crippen LogP contribution in [0.15, 0.2) is 0 Å². The lowest BCUT2D eigenvalue weighted by Gasteiger charge is -2.42. The number of carbonyl (C=O) groups is 1. The topological polar surface area (TPSA) is 44.1 Å². The minimum atomic E-state index is -0.432. The van der Waals surface area contributed by atoms with Crippen LogP contribution in [-0.2, 0) is 4.79 Å². The van der Waals surface area contributed by atoms with E-state index in [1.807, 2.05) is 6.92 Å². The molecular weight excluding hydrogens is 248 g/mol. The molecule has 2 saturated carbocycles. The van der Waals surface area contributed by atoms with Crippen molar-refractivity contribution in [1.82, 2.24) is 4.90 Å². The maximum Gasteiger partial charge on any atom is 0.240 e. The summed E-state index contributed by atoms with van der Waals surface area (Å²) in [6, 6.07) is 3.03. The number of nitriles is 1. The van der Waals surface area contributed by atoms with E-state index in [4.69, 9.17) is 0 Å². The Bertz CT molecular complexity index is 330. The molecule has 0 aromatic heterocycles. The number of amides is 1. The van der Waals surface area contributed by atoms with E-state index >= 15 is 0 Å². The Hall–Kier alpha value is -1.04. The molecule has 0 bridgehead atoms. The van der Waals surface area contributed by atoms with Crippen LogP contribution in [-0.4, -0.2) is 22.9 Å². The first-order chi connectivity index (χ1) is 9.77. The zero-order valence-electron chi connectivity index (χ0n) is 12.8. The van der Waals surface area contributed by atoms with E-state index < -0.39 is 5.92 Å². The summed E-state index contributed by atoms with van der Waals surface area (Å²) < 4.78 is 0. The van der Waals surface area contributed by atoms with E-state index in [2.05, 4.69) is 11.0 Å². The first kappa shape index (κ1) is 15.4. The second-order valence-electron chi connectivity index (χ2n) is 6.42. The van der Waals surface area contributed by atoms with Gasteiger partial charge in [0.05, 0.1) is 6.07 Å². The minimum Gasteiger partial charge on any atom is -0.336 e. The molecule has 2 fully saturated rings. The predicted molar refractivity (Wildman–Crippen MR) is 80.0 cm³/mol. The Morgan fingerprint density at radius 2 is 1.50 bits per heavy atom.